The highest BCUT2D eigenvalue weighted by molar-refractivity contribution is 6.36. The monoisotopic (exact) mass is 306 g/mol. The van der Waals surface area contributed by atoms with E-state index in [0.717, 1.165) is 11.3 Å². The van der Waals surface area contributed by atoms with E-state index in [9.17, 15) is 9.59 Å². The number of anilines is 1. The maximum Gasteiger partial charge on any atom is 0.278 e. The number of rotatable bonds is 4. The maximum absolute atomic E-state index is 12.8. The van der Waals surface area contributed by atoms with Crippen LogP contribution < -0.4 is 4.90 Å². The molecule has 0 fully saturated rings. The number of imide groups is 1. The molecule has 4 nitrogen and oxygen atoms in total. The Morgan fingerprint density at radius 1 is 0.870 bits per heavy atom. The van der Waals surface area contributed by atoms with Crippen LogP contribution in [0, 0.1) is 0 Å². The van der Waals surface area contributed by atoms with Crippen LogP contribution in [-0.4, -0.2) is 30.3 Å². The van der Waals surface area contributed by atoms with Gasteiger partial charge >= 0.3 is 0 Å². The van der Waals surface area contributed by atoms with Gasteiger partial charge in [-0.15, -0.1) is 0 Å². The zero-order valence-corrected chi connectivity index (χ0v) is 13.2. The van der Waals surface area contributed by atoms with Crippen molar-refractivity contribution in [1.82, 2.24) is 4.90 Å². The second-order valence-electron chi connectivity index (χ2n) is 5.34. The Kier molecular flexibility index (Phi) is 3.98. The van der Waals surface area contributed by atoms with E-state index in [2.05, 4.69) is 0 Å². The molecule has 2 aromatic carbocycles. The first-order valence-corrected chi connectivity index (χ1v) is 7.59. The number of nitrogens with zero attached hydrogens (tertiary/aromatic N) is 2. The molecular weight excluding hydrogens is 288 g/mol. The highest BCUT2D eigenvalue weighted by Gasteiger charge is 2.40. The van der Waals surface area contributed by atoms with Gasteiger partial charge in [0.05, 0.1) is 5.57 Å². The average Bonchev–Trinajstić information content (AvgIpc) is 2.85. The summed E-state index contributed by atoms with van der Waals surface area (Å²) in [5.74, 6) is -0.482. The standard InChI is InChI=1S/C19H18N2O2/c1-3-21-18(22)16(14-10-6-4-7-11-14)17(19(21)23)20(2)15-12-8-5-9-13-15/h4-13H,3H2,1-2H3. The summed E-state index contributed by atoms with van der Waals surface area (Å²) in [6, 6.07) is 18.9. The summed E-state index contributed by atoms with van der Waals surface area (Å²) >= 11 is 0. The van der Waals surface area contributed by atoms with Crippen LogP contribution in [0.2, 0.25) is 0 Å². The summed E-state index contributed by atoms with van der Waals surface area (Å²) in [6.07, 6.45) is 0. The van der Waals surface area contributed by atoms with E-state index in [1.807, 2.05) is 74.6 Å². The first kappa shape index (κ1) is 15.0. The van der Waals surface area contributed by atoms with Crippen LogP contribution in [0.1, 0.15) is 12.5 Å². The lowest BCUT2D eigenvalue weighted by Crippen LogP contribution is -2.33. The summed E-state index contributed by atoms with van der Waals surface area (Å²) < 4.78 is 0. The van der Waals surface area contributed by atoms with E-state index in [1.165, 1.54) is 4.90 Å². The van der Waals surface area contributed by atoms with Gasteiger partial charge in [0.15, 0.2) is 0 Å². The Morgan fingerprint density at radius 3 is 2.00 bits per heavy atom. The fourth-order valence-electron chi connectivity index (χ4n) is 2.81. The predicted molar refractivity (Wildman–Crippen MR) is 90.6 cm³/mol. The number of hydrogen-bond acceptors (Lipinski definition) is 3. The number of para-hydroxylation sites is 1. The molecule has 0 atom stereocenters. The molecule has 116 valence electrons. The largest absolute Gasteiger partial charge is 0.339 e. The normalized spacial score (nSPS) is 14.6. The van der Waals surface area contributed by atoms with Crippen LogP contribution in [-0.2, 0) is 9.59 Å². The van der Waals surface area contributed by atoms with E-state index in [-0.39, 0.29) is 11.8 Å². The number of benzene rings is 2. The number of likely N-dealkylation sites (N-methyl/N-ethyl adjacent to an activating group) is 2. The van der Waals surface area contributed by atoms with Gasteiger partial charge in [-0.25, -0.2) is 0 Å². The van der Waals surface area contributed by atoms with Crippen molar-refractivity contribution in [2.75, 3.05) is 18.5 Å². The molecule has 4 heteroatoms. The third-order valence-electron chi connectivity index (χ3n) is 4.00. The molecule has 0 N–H and O–H groups in total. The molecule has 2 amide bonds. The highest BCUT2D eigenvalue weighted by atomic mass is 16.2. The first-order chi connectivity index (χ1) is 11.1. The fraction of sp³-hybridized carbons (Fsp3) is 0.158. The lowest BCUT2D eigenvalue weighted by atomic mass is 10.0. The van der Waals surface area contributed by atoms with E-state index in [1.54, 1.807) is 4.90 Å². The van der Waals surface area contributed by atoms with E-state index < -0.39 is 0 Å². The molecule has 0 spiro atoms. The summed E-state index contributed by atoms with van der Waals surface area (Å²) in [5, 5.41) is 0. The van der Waals surface area contributed by atoms with Gasteiger partial charge < -0.3 is 4.90 Å². The molecule has 0 unspecified atom stereocenters. The predicted octanol–water partition coefficient (Wildman–Crippen LogP) is 2.92. The molecule has 0 saturated heterocycles. The quantitative estimate of drug-likeness (QED) is 0.816. The van der Waals surface area contributed by atoms with E-state index >= 15 is 0 Å². The van der Waals surface area contributed by atoms with Crippen molar-refractivity contribution in [3.8, 4) is 0 Å². The first-order valence-electron chi connectivity index (χ1n) is 7.59. The highest BCUT2D eigenvalue weighted by Crippen LogP contribution is 2.32. The molecule has 2 aromatic rings. The van der Waals surface area contributed by atoms with Crippen molar-refractivity contribution >= 4 is 23.1 Å². The fourth-order valence-corrected chi connectivity index (χ4v) is 2.81. The zero-order chi connectivity index (χ0) is 16.4. The van der Waals surface area contributed by atoms with Crippen molar-refractivity contribution in [2.45, 2.75) is 6.92 Å². The molecule has 1 aliphatic rings. The molecule has 3 rings (SSSR count). The molecular formula is C19H18N2O2. The molecule has 1 aliphatic heterocycles. The van der Waals surface area contributed by atoms with Crippen LogP contribution in [0.25, 0.3) is 5.57 Å². The van der Waals surface area contributed by atoms with Crippen LogP contribution >= 0.6 is 0 Å². The molecule has 23 heavy (non-hydrogen) atoms. The number of carbonyl (C=O) groups is 2. The molecule has 0 aromatic heterocycles. The van der Waals surface area contributed by atoms with Gasteiger partial charge in [0.1, 0.15) is 5.70 Å². The molecule has 0 radical (unpaired) electrons. The second-order valence-corrected chi connectivity index (χ2v) is 5.34. The Balaban J connectivity index is 2.16. The molecule has 0 aliphatic carbocycles. The van der Waals surface area contributed by atoms with Gasteiger partial charge in [-0.05, 0) is 24.6 Å². The van der Waals surface area contributed by atoms with Crippen LogP contribution in [0.15, 0.2) is 66.4 Å². The van der Waals surface area contributed by atoms with Crippen LogP contribution in [0.3, 0.4) is 0 Å². The van der Waals surface area contributed by atoms with Crippen molar-refractivity contribution in [2.24, 2.45) is 0 Å². The SMILES string of the molecule is CCN1C(=O)C(c2ccccc2)=C(N(C)c2ccccc2)C1=O. The topological polar surface area (TPSA) is 40.6 Å². The number of amides is 2. The minimum atomic E-state index is -0.247. The van der Waals surface area contributed by atoms with Crippen LogP contribution in [0.4, 0.5) is 5.69 Å². The lowest BCUT2D eigenvalue weighted by Gasteiger charge is -2.21. The van der Waals surface area contributed by atoms with Crippen molar-refractivity contribution in [1.29, 1.82) is 0 Å². The third kappa shape index (κ3) is 2.52. The minimum Gasteiger partial charge on any atom is -0.339 e. The average molecular weight is 306 g/mol. The molecule has 0 bridgehead atoms. The Morgan fingerprint density at radius 2 is 1.43 bits per heavy atom. The lowest BCUT2D eigenvalue weighted by molar-refractivity contribution is -0.136. The van der Waals surface area contributed by atoms with Gasteiger partial charge in [-0.2, -0.15) is 0 Å². The second kappa shape index (κ2) is 6.08. The van der Waals surface area contributed by atoms with Crippen molar-refractivity contribution in [3.63, 3.8) is 0 Å². The summed E-state index contributed by atoms with van der Waals surface area (Å²) in [7, 11) is 1.82. The summed E-state index contributed by atoms with van der Waals surface area (Å²) in [6.45, 7) is 2.17. The van der Waals surface area contributed by atoms with Crippen LogP contribution in [0.5, 0.6) is 0 Å². The van der Waals surface area contributed by atoms with Gasteiger partial charge in [0.25, 0.3) is 11.8 Å². The minimum absolute atomic E-state index is 0.235. The molecule has 1 heterocycles. The summed E-state index contributed by atoms with van der Waals surface area (Å²) in [5.41, 5.74) is 2.52. The smallest absolute Gasteiger partial charge is 0.278 e. The summed E-state index contributed by atoms with van der Waals surface area (Å²) in [4.78, 5) is 28.5. The van der Waals surface area contributed by atoms with Crippen molar-refractivity contribution < 1.29 is 9.59 Å². The van der Waals surface area contributed by atoms with E-state index in [0.29, 0.717) is 17.8 Å². The van der Waals surface area contributed by atoms with Gasteiger partial charge in [0.2, 0.25) is 0 Å². The van der Waals surface area contributed by atoms with Gasteiger partial charge in [-0.3, -0.25) is 14.5 Å². The maximum atomic E-state index is 12.8. The Labute approximate surface area is 135 Å². The number of carbonyl (C=O) groups excluding carboxylic acids is 2. The molecule has 0 saturated carbocycles. The third-order valence-corrected chi connectivity index (χ3v) is 4.00. The van der Waals surface area contributed by atoms with E-state index in [4.69, 9.17) is 0 Å². The Bertz CT molecular complexity index is 766. The number of hydrogen-bond donors (Lipinski definition) is 0. The Hall–Kier alpha value is -2.88. The zero-order valence-electron chi connectivity index (χ0n) is 13.2. The van der Waals surface area contributed by atoms with Gasteiger partial charge in [0, 0.05) is 19.3 Å². The van der Waals surface area contributed by atoms with Crippen molar-refractivity contribution in [3.05, 3.63) is 71.9 Å². The van der Waals surface area contributed by atoms with Gasteiger partial charge in [-0.1, -0.05) is 48.5 Å².